The van der Waals surface area contributed by atoms with Gasteiger partial charge in [0, 0.05) is 10.3 Å². The summed E-state index contributed by atoms with van der Waals surface area (Å²) in [6.45, 7) is 0.651. The average Bonchev–Trinajstić information content (AvgIpc) is 3.02. The molecule has 6 heteroatoms. The van der Waals surface area contributed by atoms with Crippen LogP contribution in [-0.4, -0.2) is 10.9 Å². The van der Waals surface area contributed by atoms with Crippen LogP contribution in [0.3, 0.4) is 0 Å². The first kappa shape index (κ1) is 12.1. The summed E-state index contributed by atoms with van der Waals surface area (Å²) in [6, 6.07) is 9.84. The number of thiazole rings is 1. The smallest absolute Gasteiger partial charge is 0.249 e. The van der Waals surface area contributed by atoms with E-state index in [0.29, 0.717) is 12.1 Å². The summed E-state index contributed by atoms with van der Waals surface area (Å²) in [4.78, 5) is 16.6. The minimum absolute atomic E-state index is 0.387. The van der Waals surface area contributed by atoms with E-state index in [2.05, 4.69) is 16.4 Å². The van der Waals surface area contributed by atoms with Gasteiger partial charge in [-0.15, -0.1) is 11.3 Å². The number of primary amides is 1. The Morgan fingerprint density at radius 2 is 2.21 bits per heavy atom. The normalized spacial score (nSPS) is 10.7. The van der Waals surface area contributed by atoms with Crippen molar-refractivity contribution in [1.82, 2.24) is 4.98 Å². The van der Waals surface area contributed by atoms with Crippen LogP contribution < -0.4 is 11.1 Å². The second-order valence-electron chi connectivity index (χ2n) is 4.01. The number of nitrogens with one attached hydrogen (secondary N) is 1. The number of anilines is 1. The highest BCUT2D eigenvalue weighted by Gasteiger charge is 2.06. The van der Waals surface area contributed by atoms with Gasteiger partial charge in [0.15, 0.2) is 5.13 Å². The fourth-order valence-electron chi connectivity index (χ4n) is 1.71. The predicted octanol–water partition coefficient (Wildman–Crippen LogP) is 3.07. The molecule has 0 aliphatic carbocycles. The third-order valence-electron chi connectivity index (χ3n) is 2.65. The van der Waals surface area contributed by atoms with Crippen LogP contribution in [0.1, 0.15) is 15.2 Å². The number of thiophene rings is 1. The van der Waals surface area contributed by atoms with Gasteiger partial charge in [0.25, 0.3) is 0 Å². The molecule has 0 spiro atoms. The second-order valence-corrected chi connectivity index (χ2v) is 6.03. The van der Waals surface area contributed by atoms with E-state index in [-0.39, 0.29) is 5.91 Å². The lowest BCUT2D eigenvalue weighted by Gasteiger charge is -1.98. The minimum Gasteiger partial charge on any atom is -0.366 e. The monoisotopic (exact) mass is 289 g/mol. The molecule has 0 saturated carbocycles. The zero-order chi connectivity index (χ0) is 13.2. The fraction of sp³-hybridized carbons (Fsp3) is 0.0769. The van der Waals surface area contributed by atoms with E-state index in [4.69, 9.17) is 5.73 Å². The van der Waals surface area contributed by atoms with Crippen LogP contribution in [0, 0.1) is 0 Å². The standard InChI is InChI=1S/C13H11N3OS2/c14-12(17)8-5-9(18-7-8)6-15-13-16-10-3-1-2-4-11(10)19-13/h1-5,7H,6H2,(H2,14,17)(H,15,16). The van der Waals surface area contributed by atoms with Gasteiger partial charge >= 0.3 is 0 Å². The maximum absolute atomic E-state index is 11.0. The van der Waals surface area contributed by atoms with Crippen LogP contribution in [0.15, 0.2) is 35.7 Å². The van der Waals surface area contributed by atoms with Crippen LogP contribution in [0.25, 0.3) is 10.2 Å². The molecule has 1 amide bonds. The average molecular weight is 289 g/mol. The van der Waals surface area contributed by atoms with Gasteiger partial charge in [-0.05, 0) is 18.2 Å². The van der Waals surface area contributed by atoms with E-state index in [1.807, 2.05) is 24.3 Å². The fourth-order valence-corrected chi connectivity index (χ4v) is 3.39. The zero-order valence-corrected chi connectivity index (χ0v) is 11.6. The van der Waals surface area contributed by atoms with Gasteiger partial charge in [-0.3, -0.25) is 4.79 Å². The molecule has 0 radical (unpaired) electrons. The SMILES string of the molecule is NC(=O)c1csc(CNc2nc3ccccc3s2)c1. The maximum Gasteiger partial charge on any atom is 0.249 e. The Labute approximate surface area is 117 Å². The molecule has 3 aromatic rings. The number of amides is 1. The highest BCUT2D eigenvalue weighted by molar-refractivity contribution is 7.22. The van der Waals surface area contributed by atoms with Gasteiger partial charge in [0.2, 0.25) is 5.91 Å². The van der Waals surface area contributed by atoms with Crippen molar-refractivity contribution >= 4 is 43.9 Å². The summed E-state index contributed by atoms with van der Waals surface area (Å²) < 4.78 is 1.16. The number of fused-ring (bicyclic) bond motifs is 1. The van der Waals surface area contributed by atoms with Crippen molar-refractivity contribution in [3.8, 4) is 0 Å². The molecule has 0 fully saturated rings. The van der Waals surface area contributed by atoms with E-state index < -0.39 is 0 Å². The summed E-state index contributed by atoms with van der Waals surface area (Å²) in [5.74, 6) is -0.387. The van der Waals surface area contributed by atoms with Crippen molar-refractivity contribution in [2.24, 2.45) is 5.73 Å². The molecule has 2 aromatic heterocycles. The Kier molecular flexibility index (Phi) is 3.18. The number of hydrogen-bond acceptors (Lipinski definition) is 5. The number of carbonyl (C=O) groups is 1. The van der Waals surface area contributed by atoms with Crippen molar-refractivity contribution < 1.29 is 4.79 Å². The molecule has 4 nitrogen and oxygen atoms in total. The van der Waals surface area contributed by atoms with Crippen molar-refractivity contribution in [3.05, 3.63) is 46.2 Å². The third kappa shape index (κ3) is 2.59. The van der Waals surface area contributed by atoms with Gasteiger partial charge in [-0.1, -0.05) is 23.5 Å². The number of nitrogens with two attached hydrogens (primary N) is 1. The Morgan fingerprint density at radius 1 is 1.37 bits per heavy atom. The summed E-state index contributed by atoms with van der Waals surface area (Å²) in [5.41, 5.74) is 6.78. The number of hydrogen-bond donors (Lipinski definition) is 2. The molecular weight excluding hydrogens is 278 g/mol. The van der Waals surface area contributed by atoms with Crippen LogP contribution in [0.5, 0.6) is 0 Å². The van der Waals surface area contributed by atoms with Crippen LogP contribution >= 0.6 is 22.7 Å². The first-order valence-electron chi connectivity index (χ1n) is 5.69. The first-order valence-corrected chi connectivity index (χ1v) is 7.38. The van der Waals surface area contributed by atoms with Gasteiger partial charge in [-0.25, -0.2) is 4.98 Å². The van der Waals surface area contributed by atoms with Gasteiger partial charge in [0.05, 0.1) is 22.3 Å². The van der Waals surface area contributed by atoms with Gasteiger partial charge in [-0.2, -0.15) is 0 Å². The molecule has 0 aliphatic rings. The number of benzene rings is 1. The molecule has 19 heavy (non-hydrogen) atoms. The maximum atomic E-state index is 11.0. The van der Waals surface area contributed by atoms with E-state index in [9.17, 15) is 4.79 Å². The molecule has 3 rings (SSSR count). The highest BCUT2D eigenvalue weighted by atomic mass is 32.1. The van der Waals surface area contributed by atoms with Crippen molar-refractivity contribution in [2.45, 2.75) is 6.54 Å². The molecule has 0 aliphatic heterocycles. The van der Waals surface area contributed by atoms with E-state index >= 15 is 0 Å². The molecule has 0 saturated heterocycles. The van der Waals surface area contributed by atoms with Crippen molar-refractivity contribution in [2.75, 3.05) is 5.32 Å². The number of rotatable bonds is 4. The Bertz CT molecular complexity index is 699. The Hall–Kier alpha value is -1.92. The first-order chi connectivity index (χ1) is 9.22. The van der Waals surface area contributed by atoms with Crippen LogP contribution in [0.4, 0.5) is 5.13 Å². The predicted molar refractivity (Wildman–Crippen MR) is 79.8 cm³/mol. The summed E-state index contributed by atoms with van der Waals surface area (Å²) >= 11 is 3.14. The summed E-state index contributed by atoms with van der Waals surface area (Å²) in [7, 11) is 0. The van der Waals surface area contributed by atoms with E-state index in [1.54, 1.807) is 16.7 Å². The quantitative estimate of drug-likeness (QED) is 0.775. The third-order valence-corrected chi connectivity index (χ3v) is 4.58. The number of carbonyl (C=O) groups excluding carboxylic acids is 1. The second kappa shape index (κ2) is 4.99. The Balaban J connectivity index is 1.72. The largest absolute Gasteiger partial charge is 0.366 e. The van der Waals surface area contributed by atoms with Crippen molar-refractivity contribution in [3.63, 3.8) is 0 Å². The number of para-hydroxylation sites is 1. The zero-order valence-electron chi connectivity index (χ0n) is 9.92. The molecule has 0 bridgehead atoms. The molecule has 96 valence electrons. The lowest BCUT2D eigenvalue weighted by Crippen LogP contribution is -2.09. The summed E-state index contributed by atoms with van der Waals surface area (Å²) in [5, 5.41) is 5.93. The lowest BCUT2D eigenvalue weighted by atomic mass is 10.3. The molecule has 0 atom stereocenters. The molecular formula is C13H11N3OS2. The molecule has 0 unspecified atom stereocenters. The van der Waals surface area contributed by atoms with E-state index in [0.717, 1.165) is 20.2 Å². The molecule has 1 aromatic carbocycles. The number of aromatic nitrogens is 1. The minimum atomic E-state index is -0.387. The topological polar surface area (TPSA) is 68.0 Å². The Morgan fingerprint density at radius 3 is 2.95 bits per heavy atom. The number of nitrogens with zero attached hydrogens (tertiary/aromatic N) is 1. The van der Waals surface area contributed by atoms with Gasteiger partial charge in [0.1, 0.15) is 0 Å². The van der Waals surface area contributed by atoms with Gasteiger partial charge < -0.3 is 11.1 Å². The van der Waals surface area contributed by atoms with Crippen LogP contribution in [-0.2, 0) is 6.54 Å². The summed E-state index contributed by atoms with van der Waals surface area (Å²) in [6.07, 6.45) is 0. The molecule has 3 N–H and O–H groups in total. The molecule has 2 heterocycles. The van der Waals surface area contributed by atoms with E-state index in [1.165, 1.54) is 11.3 Å². The highest BCUT2D eigenvalue weighted by Crippen LogP contribution is 2.26. The van der Waals surface area contributed by atoms with Crippen molar-refractivity contribution in [1.29, 1.82) is 0 Å². The van der Waals surface area contributed by atoms with Crippen LogP contribution in [0.2, 0.25) is 0 Å². The lowest BCUT2D eigenvalue weighted by molar-refractivity contribution is 0.100.